The van der Waals surface area contributed by atoms with Crippen molar-refractivity contribution in [2.75, 3.05) is 13.1 Å². The molecule has 1 amide bonds. The molecule has 0 aliphatic carbocycles. The van der Waals surface area contributed by atoms with E-state index in [1.54, 1.807) is 18.6 Å². The van der Waals surface area contributed by atoms with Gasteiger partial charge in [0.05, 0.1) is 23.4 Å². The second-order valence-corrected chi connectivity index (χ2v) is 6.17. The molecular formula is C14H16N4O2S. The third-order valence-electron chi connectivity index (χ3n) is 3.36. The first-order valence-electron chi connectivity index (χ1n) is 6.79. The largest absolute Gasteiger partial charge is 0.471 e. The minimum atomic E-state index is -0.0278. The van der Waals surface area contributed by atoms with Crippen LogP contribution in [0.5, 0.6) is 5.88 Å². The lowest BCUT2D eigenvalue weighted by Gasteiger charge is -2.16. The summed E-state index contributed by atoms with van der Waals surface area (Å²) in [6.07, 6.45) is 5.56. The number of amides is 1. The van der Waals surface area contributed by atoms with E-state index < -0.39 is 0 Å². The third kappa shape index (κ3) is 3.02. The summed E-state index contributed by atoms with van der Waals surface area (Å²) in [6.45, 7) is 5.06. The van der Waals surface area contributed by atoms with E-state index in [1.807, 2.05) is 18.7 Å². The van der Waals surface area contributed by atoms with Gasteiger partial charge in [0.1, 0.15) is 11.0 Å². The number of likely N-dealkylation sites (tertiary alicyclic amines) is 1. The number of thiazole rings is 1. The fourth-order valence-electron chi connectivity index (χ4n) is 2.40. The van der Waals surface area contributed by atoms with Crippen molar-refractivity contribution in [3.05, 3.63) is 34.2 Å². The van der Waals surface area contributed by atoms with Crippen LogP contribution in [0.25, 0.3) is 0 Å². The van der Waals surface area contributed by atoms with Crippen LogP contribution in [-0.4, -0.2) is 45.0 Å². The second kappa shape index (κ2) is 5.77. The number of carbonyl (C=O) groups excluding carboxylic acids is 1. The molecule has 0 unspecified atom stereocenters. The molecule has 0 saturated carbocycles. The van der Waals surface area contributed by atoms with Crippen LogP contribution >= 0.6 is 11.3 Å². The minimum Gasteiger partial charge on any atom is -0.471 e. The predicted molar refractivity (Wildman–Crippen MR) is 78.6 cm³/mol. The first-order valence-corrected chi connectivity index (χ1v) is 7.61. The summed E-state index contributed by atoms with van der Waals surface area (Å²) in [5.74, 6) is 0.546. The standard InChI is InChI=1S/C14H16N4O2S/c1-9-13(21-10(2)17-9)14(19)18-6-3-11(8-18)20-12-7-15-4-5-16-12/h4-5,7,11H,3,6,8H2,1-2H3/t11-/m1/s1. The van der Waals surface area contributed by atoms with Gasteiger partial charge >= 0.3 is 0 Å². The number of nitrogens with zero attached hydrogens (tertiary/aromatic N) is 4. The van der Waals surface area contributed by atoms with Crippen molar-refractivity contribution in [1.29, 1.82) is 0 Å². The maximum atomic E-state index is 12.5. The summed E-state index contributed by atoms with van der Waals surface area (Å²) in [7, 11) is 0. The molecule has 7 heteroatoms. The van der Waals surface area contributed by atoms with Crippen molar-refractivity contribution >= 4 is 17.2 Å². The molecule has 6 nitrogen and oxygen atoms in total. The third-order valence-corrected chi connectivity index (χ3v) is 4.42. The van der Waals surface area contributed by atoms with E-state index >= 15 is 0 Å². The number of hydrogen-bond acceptors (Lipinski definition) is 6. The topological polar surface area (TPSA) is 68.2 Å². The van der Waals surface area contributed by atoms with Gasteiger partial charge in [-0.2, -0.15) is 0 Å². The zero-order chi connectivity index (χ0) is 14.8. The summed E-state index contributed by atoms with van der Waals surface area (Å²) in [5.41, 5.74) is 0.806. The van der Waals surface area contributed by atoms with E-state index in [1.165, 1.54) is 11.3 Å². The summed E-state index contributed by atoms with van der Waals surface area (Å²) in [5, 5.41) is 0.919. The Kier molecular flexibility index (Phi) is 3.83. The van der Waals surface area contributed by atoms with Gasteiger partial charge in [-0.3, -0.25) is 9.78 Å². The molecule has 1 saturated heterocycles. The van der Waals surface area contributed by atoms with Gasteiger partial charge in [-0.25, -0.2) is 9.97 Å². The van der Waals surface area contributed by atoms with E-state index in [0.29, 0.717) is 19.0 Å². The number of hydrogen-bond donors (Lipinski definition) is 0. The van der Waals surface area contributed by atoms with Crippen molar-refractivity contribution in [3.8, 4) is 5.88 Å². The number of aromatic nitrogens is 3. The van der Waals surface area contributed by atoms with Gasteiger partial charge < -0.3 is 9.64 Å². The fourth-order valence-corrected chi connectivity index (χ4v) is 3.29. The van der Waals surface area contributed by atoms with E-state index in [2.05, 4.69) is 15.0 Å². The van der Waals surface area contributed by atoms with E-state index in [0.717, 1.165) is 22.0 Å². The number of aryl methyl sites for hydroxylation is 2. The van der Waals surface area contributed by atoms with Crippen molar-refractivity contribution in [1.82, 2.24) is 19.9 Å². The highest BCUT2D eigenvalue weighted by Gasteiger charge is 2.30. The highest BCUT2D eigenvalue weighted by Crippen LogP contribution is 2.23. The van der Waals surface area contributed by atoms with Crippen LogP contribution < -0.4 is 4.74 Å². The fraction of sp³-hybridized carbons (Fsp3) is 0.429. The Hall–Kier alpha value is -2.02. The van der Waals surface area contributed by atoms with Gasteiger partial charge in [0.25, 0.3) is 5.91 Å². The van der Waals surface area contributed by atoms with E-state index in [4.69, 9.17) is 4.74 Å². The molecule has 0 spiro atoms. The molecule has 0 radical (unpaired) electrons. The minimum absolute atomic E-state index is 0.0278. The summed E-state index contributed by atoms with van der Waals surface area (Å²) in [6, 6.07) is 0. The Morgan fingerprint density at radius 1 is 1.43 bits per heavy atom. The van der Waals surface area contributed by atoms with Crippen LogP contribution in [0.1, 0.15) is 26.8 Å². The Morgan fingerprint density at radius 2 is 2.29 bits per heavy atom. The molecule has 1 aliphatic rings. The number of carbonyl (C=O) groups is 1. The average molecular weight is 304 g/mol. The van der Waals surface area contributed by atoms with Crippen molar-refractivity contribution in [3.63, 3.8) is 0 Å². The molecular weight excluding hydrogens is 288 g/mol. The smallest absolute Gasteiger partial charge is 0.265 e. The van der Waals surface area contributed by atoms with Gasteiger partial charge in [-0.05, 0) is 13.8 Å². The van der Waals surface area contributed by atoms with Crippen molar-refractivity contribution in [2.24, 2.45) is 0 Å². The second-order valence-electron chi connectivity index (χ2n) is 4.97. The molecule has 2 aromatic rings. The van der Waals surface area contributed by atoms with E-state index in [-0.39, 0.29) is 12.0 Å². The zero-order valence-electron chi connectivity index (χ0n) is 11.9. The SMILES string of the molecule is Cc1nc(C)c(C(=O)N2CC[C@@H](Oc3cnccn3)C2)s1. The maximum absolute atomic E-state index is 12.5. The van der Waals surface area contributed by atoms with Crippen LogP contribution in [0.4, 0.5) is 0 Å². The van der Waals surface area contributed by atoms with Gasteiger partial charge in [-0.1, -0.05) is 0 Å². The normalized spacial score (nSPS) is 18.0. The lowest BCUT2D eigenvalue weighted by molar-refractivity contribution is 0.0775. The van der Waals surface area contributed by atoms with E-state index in [9.17, 15) is 4.79 Å². The maximum Gasteiger partial charge on any atom is 0.265 e. The van der Waals surface area contributed by atoms with Crippen molar-refractivity contribution < 1.29 is 9.53 Å². The Morgan fingerprint density at radius 3 is 2.95 bits per heavy atom. The number of rotatable bonds is 3. The van der Waals surface area contributed by atoms with Gasteiger partial charge in [-0.15, -0.1) is 11.3 Å². The molecule has 21 heavy (non-hydrogen) atoms. The van der Waals surface area contributed by atoms with Gasteiger partial charge in [0.2, 0.25) is 5.88 Å². The van der Waals surface area contributed by atoms with Crippen LogP contribution in [0.15, 0.2) is 18.6 Å². The summed E-state index contributed by atoms with van der Waals surface area (Å²) in [4.78, 5) is 27.4. The molecule has 1 atom stereocenters. The van der Waals surface area contributed by atoms with Crippen LogP contribution in [0.2, 0.25) is 0 Å². The van der Waals surface area contributed by atoms with Crippen LogP contribution in [-0.2, 0) is 0 Å². The monoisotopic (exact) mass is 304 g/mol. The van der Waals surface area contributed by atoms with Crippen LogP contribution in [0.3, 0.4) is 0 Å². The Labute approximate surface area is 126 Å². The zero-order valence-corrected chi connectivity index (χ0v) is 12.8. The lowest BCUT2D eigenvalue weighted by atomic mass is 10.3. The Balaban J connectivity index is 1.64. The molecule has 0 bridgehead atoms. The quantitative estimate of drug-likeness (QED) is 0.865. The first kappa shape index (κ1) is 13.9. The molecule has 3 rings (SSSR count). The lowest BCUT2D eigenvalue weighted by Crippen LogP contribution is -2.30. The molecule has 0 aromatic carbocycles. The van der Waals surface area contributed by atoms with Crippen LogP contribution in [0, 0.1) is 13.8 Å². The molecule has 110 valence electrons. The molecule has 3 heterocycles. The van der Waals surface area contributed by atoms with Gasteiger partial charge in [0, 0.05) is 25.4 Å². The predicted octanol–water partition coefficient (Wildman–Crippen LogP) is 1.84. The highest BCUT2D eigenvalue weighted by atomic mass is 32.1. The first-order chi connectivity index (χ1) is 10.1. The molecule has 2 aromatic heterocycles. The highest BCUT2D eigenvalue weighted by molar-refractivity contribution is 7.13. The molecule has 0 N–H and O–H groups in total. The summed E-state index contributed by atoms with van der Waals surface area (Å²) < 4.78 is 5.75. The summed E-state index contributed by atoms with van der Waals surface area (Å²) >= 11 is 1.45. The van der Waals surface area contributed by atoms with Crippen molar-refractivity contribution in [2.45, 2.75) is 26.4 Å². The molecule has 1 aliphatic heterocycles. The number of ether oxygens (including phenoxy) is 1. The average Bonchev–Trinajstić information content (AvgIpc) is 3.06. The van der Waals surface area contributed by atoms with Gasteiger partial charge in [0.15, 0.2) is 0 Å². The molecule has 1 fully saturated rings. The Bertz CT molecular complexity index is 644.